The van der Waals surface area contributed by atoms with Gasteiger partial charge in [-0.2, -0.15) is 0 Å². The molecule has 3 rings (SSSR count). The molecule has 2 N–H and O–H groups in total. The van der Waals surface area contributed by atoms with Crippen LogP contribution in [-0.4, -0.2) is 62.1 Å². The SMILES string of the molecule is CN=C(NCc1ccc(CN2CCN(C)CC2)cc1)NC1CCCC1.I. The summed E-state index contributed by atoms with van der Waals surface area (Å²) in [6.07, 6.45) is 5.20. The van der Waals surface area contributed by atoms with Crippen molar-refractivity contribution >= 4 is 29.9 Å². The first-order valence-electron chi connectivity index (χ1n) is 9.69. The van der Waals surface area contributed by atoms with Crippen LogP contribution in [0.15, 0.2) is 29.3 Å². The number of halogens is 1. The number of nitrogens with zero attached hydrogens (tertiary/aromatic N) is 3. The molecule has 26 heavy (non-hydrogen) atoms. The summed E-state index contributed by atoms with van der Waals surface area (Å²) in [4.78, 5) is 9.29. The average molecular weight is 471 g/mol. The van der Waals surface area contributed by atoms with Crippen molar-refractivity contribution in [2.75, 3.05) is 40.3 Å². The molecule has 1 aromatic rings. The third kappa shape index (κ3) is 6.70. The number of hydrogen-bond acceptors (Lipinski definition) is 3. The number of likely N-dealkylation sites (N-methyl/N-ethyl adjacent to an activating group) is 1. The molecule has 1 aliphatic carbocycles. The molecule has 0 amide bonds. The van der Waals surface area contributed by atoms with E-state index in [9.17, 15) is 0 Å². The van der Waals surface area contributed by atoms with E-state index in [1.165, 1.54) is 63.0 Å². The molecule has 146 valence electrons. The van der Waals surface area contributed by atoms with Crippen molar-refractivity contribution in [1.82, 2.24) is 20.4 Å². The van der Waals surface area contributed by atoms with E-state index in [0.717, 1.165) is 19.0 Å². The van der Waals surface area contributed by atoms with Gasteiger partial charge in [-0.05, 0) is 31.0 Å². The fraction of sp³-hybridized carbons (Fsp3) is 0.650. The highest BCUT2D eigenvalue weighted by molar-refractivity contribution is 14.0. The summed E-state index contributed by atoms with van der Waals surface area (Å²) in [7, 11) is 4.05. The van der Waals surface area contributed by atoms with Gasteiger partial charge in [0, 0.05) is 52.4 Å². The minimum Gasteiger partial charge on any atom is -0.354 e. The Morgan fingerprint density at radius 3 is 2.27 bits per heavy atom. The summed E-state index contributed by atoms with van der Waals surface area (Å²) >= 11 is 0. The Labute approximate surface area is 175 Å². The van der Waals surface area contributed by atoms with Gasteiger partial charge < -0.3 is 15.5 Å². The molecule has 0 bridgehead atoms. The Bertz CT molecular complexity index is 546. The number of benzene rings is 1. The molecule has 6 heteroatoms. The molecule has 2 aliphatic rings. The normalized spacial score (nSPS) is 20.0. The summed E-state index contributed by atoms with van der Waals surface area (Å²) in [5.74, 6) is 0.924. The molecule has 0 spiro atoms. The van der Waals surface area contributed by atoms with Gasteiger partial charge in [0.25, 0.3) is 0 Å². The predicted octanol–water partition coefficient (Wildman–Crippen LogP) is 2.66. The van der Waals surface area contributed by atoms with Crippen molar-refractivity contribution in [3.8, 4) is 0 Å². The second-order valence-corrected chi connectivity index (χ2v) is 7.45. The van der Waals surface area contributed by atoms with Gasteiger partial charge in [0.05, 0.1) is 0 Å². The van der Waals surface area contributed by atoms with Crippen LogP contribution in [0.4, 0.5) is 0 Å². The lowest BCUT2D eigenvalue weighted by molar-refractivity contribution is 0.148. The molecule has 1 aromatic carbocycles. The maximum absolute atomic E-state index is 4.35. The van der Waals surface area contributed by atoms with Crippen LogP contribution in [0.1, 0.15) is 36.8 Å². The minimum absolute atomic E-state index is 0. The molecule has 0 unspecified atom stereocenters. The van der Waals surface area contributed by atoms with Crippen molar-refractivity contribution in [3.05, 3.63) is 35.4 Å². The van der Waals surface area contributed by atoms with E-state index in [1.807, 2.05) is 7.05 Å². The number of piperazine rings is 1. The van der Waals surface area contributed by atoms with Crippen LogP contribution >= 0.6 is 24.0 Å². The first kappa shape index (κ1) is 21.4. The lowest BCUT2D eigenvalue weighted by Crippen LogP contribution is -2.43. The van der Waals surface area contributed by atoms with Gasteiger partial charge in [-0.25, -0.2) is 0 Å². The molecule has 2 fully saturated rings. The van der Waals surface area contributed by atoms with Gasteiger partial charge in [-0.3, -0.25) is 9.89 Å². The van der Waals surface area contributed by atoms with Gasteiger partial charge in [-0.15, -0.1) is 24.0 Å². The van der Waals surface area contributed by atoms with E-state index >= 15 is 0 Å². The average Bonchev–Trinajstić information content (AvgIpc) is 3.15. The van der Waals surface area contributed by atoms with Gasteiger partial charge in [-0.1, -0.05) is 37.1 Å². The summed E-state index contributed by atoms with van der Waals surface area (Å²) in [5.41, 5.74) is 2.71. The Hall–Kier alpha value is -0.860. The Balaban J connectivity index is 0.00000243. The minimum atomic E-state index is 0. The molecule has 0 atom stereocenters. The first-order chi connectivity index (χ1) is 12.2. The number of nitrogens with one attached hydrogen (secondary N) is 2. The fourth-order valence-electron chi connectivity index (χ4n) is 3.67. The van der Waals surface area contributed by atoms with E-state index in [1.54, 1.807) is 0 Å². The van der Waals surface area contributed by atoms with E-state index in [-0.39, 0.29) is 24.0 Å². The number of aliphatic imine (C=N–C) groups is 1. The fourth-order valence-corrected chi connectivity index (χ4v) is 3.67. The zero-order valence-electron chi connectivity index (χ0n) is 16.2. The summed E-state index contributed by atoms with van der Waals surface area (Å²) in [5, 5.41) is 6.97. The molecule has 1 heterocycles. The standard InChI is InChI=1S/C20H33N5.HI/c1-21-20(23-19-5-3-4-6-19)22-15-17-7-9-18(10-8-17)16-25-13-11-24(2)12-14-25;/h7-10,19H,3-6,11-16H2,1-2H3,(H2,21,22,23);1H. The van der Waals surface area contributed by atoms with Crippen molar-refractivity contribution in [2.45, 2.75) is 44.8 Å². The highest BCUT2D eigenvalue weighted by Gasteiger charge is 2.16. The summed E-state index contributed by atoms with van der Waals surface area (Å²) < 4.78 is 0. The van der Waals surface area contributed by atoms with E-state index in [0.29, 0.717) is 6.04 Å². The van der Waals surface area contributed by atoms with Crippen molar-refractivity contribution in [1.29, 1.82) is 0 Å². The van der Waals surface area contributed by atoms with Crippen LogP contribution < -0.4 is 10.6 Å². The smallest absolute Gasteiger partial charge is 0.191 e. The Morgan fingerprint density at radius 2 is 1.65 bits per heavy atom. The highest BCUT2D eigenvalue weighted by atomic mass is 127. The van der Waals surface area contributed by atoms with Crippen LogP contribution in [0.2, 0.25) is 0 Å². The van der Waals surface area contributed by atoms with Gasteiger partial charge in [0.1, 0.15) is 0 Å². The third-order valence-electron chi connectivity index (χ3n) is 5.40. The summed E-state index contributed by atoms with van der Waals surface area (Å²) in [6, 6.07) is 9.60. The second-order valence-electron chi connectivity index (χ2n) is 7.45. The molecular formula is C20H34IN5. The Kier molecular flexibility index (Phi) is 9.15. The van der Waals surface area contributed by atoms with Crippen molar-refractivity contribution in [3.63, 3.8) is 0 Å². The van der Waals surface area contributed by atoms with E-state index in [2.05, 4.69) is 56.7 Å². The lowest BCUT2D eigenvalue weighted by atomic mass is 10.1. The van der Waals surface area contributed by atoms with E-state index in [4.69, 9.17) is 0 Å². The molecule has 1 saturated heterocycles. The molecule has 1 aliphatic heterocycles. The lowest BCUT2D eigenvalue weighted by Gasteiger charge is -2.32. The summed E-state index contributed by atoms with van der Waals surface area (Å²) in [6.45, 7) is 6.57. The van der Waals surface area contributed by atoms with Gasteiger partial charge in [0.15, 0.2) is 5.96 Å². The largest absolute Gasteiger partial charge is 0.354 e. The van der Waals surface area contributed by atoms with Crippen LogP contribution in [0.3, 0.4) is 0 Å². The van der Waals surface area contributed by atoms with E-state index < -0.39 is 0 Å². The van der Waals surface area contributed by atoms with Crippen LogP contribution in [0, 0.1) is 0 Å². The number of hydrogen-bond donors (Lipinski definition) is 2. The number of guanidine groups is 1. The molecule has 0 aromatic heterocycles. The molecule has 0 radical (unpaired) electrons. The van der Waals surface area contributed by atoms with Crippen LogP contribution in [-0.2, 0) is 13.1 Å². The maximum atomic E-state index is 4.35. The quantitative estimate of drug-likeness (QED) is 0.394. The van der Waals surface area contributed by atoms with Crippen LogP contribution in [0.25, 0.3) is 0 Å². The monoisotopic (exact) mass is 471 g/mol. The predicted molar refractivity (Wildman–Crippen MR) is 120 cm³/mol. The molecule has 5 nitrogen and oxygen atoms in total. The number of rotatable bonds is 5. The zero-order chi connectivity index (χ0) is 17.5. The first-order valence-corrected chi connectivity index (χ1v) is 9.69. The zero-order valence-corrected chi connectivity index (χ0v) is 18.5. The third-order valence-corrected chi connectivity index (χ3v) is 5.40. The maximum Gasteiger partial charge on any atom is 0.191 e. The molecular weight excluding hydrogens is 437 g/mol. The van der Waals surface area contributed by atoms with Gasteiger partial charge in [0.2, 0.25) is 0 Å². The van der Waals surface area contributed by atoms with Crippen LogP contribution in [0.5, 0.6) is 0 Å². The van der Waals surface area contributed by atoms with Gasteiger partial charge >= 0.3 is 0 Å². The van der Waals surface area contributed by atoms with Crippen molar-refractivity contribution in [2.24, 2.45) is 4.99 Å². The van der Waals surface area contributed by atoms with Crippen molar-refractivity contribution < 1.29 is 0 Å². The topological polar surface area (TPSA) is 42.9 Å². The Morgan fingerprint density at radius 1 is 1.04 bits per heavy atom. The molecule has 1 saturated carbocycles. The highest BCUT2D eigenvalue weighted by Crippen LogP contribution is 2.17. The second kappa shape index (κ2) is 11.1.